The van der Waals surface area contributed by atoms with Crippen LogP contribution in [0.25, 0.3) is 16.7 Å². The van der Waals surface area contributed by atoms with Gasteiger partial charge in [0, 0.05) is 12.1 Å². The fraction of sp³-hybridized carbons (Fsp3) is 0.630. The summed E-state index contributed by atoms with van der Waals surface area (Å²) in [4.78, 5) is 26.6. The molecule has 7 nitrogen and oxygen atoms in total. The van der Waals surface area contributed by atoms with Crippen LogP contribution >= 0.6 is 11.8 Å². The van der Waals surface area contributed by atoms with Crippen molar-refractivity contribution in [2.75, 3.05) is 0 Å². The van der Waals surface area contributed by atoms with Gasteiger partial charge in [0.15, 0.2) is 5.16 Å². The van der Waals surface area contributed by atoms with Crippen LogP contribution in [0.1, 0.15) is 71.6 Å². The summed E-state index contributed by atoms with van der Waals surface area (Å²) in [6.07, 6.45) is 10.6. The minimum Gasteiger partial charge on any atom is -0.350 e. The molecule has 1 N–H and O–H groups in total. The van der Waals surface area contributed by atoms with Crippen LogP contribution in [0, 0.1) is 17.8 Å². The Hall–Kier alpha value is -2.35. The molecule has 4 saturated carbocycles. The minimum atomic E-state index is -0.297. The summed E-state index contributed by atoms with van der Waals surface area (Å²) in [5.74, 6) is 3.03. The Bertz CT molecular complexity index is 1290. The highest BCUT2D eigenvalue weighted by Gasteiger charge is 2.51. The van der Waals surface area contributed by atoms with Gasteiger partial charge in [0.2, 0.25) is 11.7 Å². The second kappa shape index (κ2) is 8.95. The van der Waals surface area contributed by atoms with Crippen LogP contribution in [-0.4, -0.2) is 35.9 Å². The molecule has 2 aromatic heterocycles. The summed E-state index contributed by atoms with van der Waals surface area (Å²) in [5, 5.41) is 13.4. The van der Waals surface area contributed by atoms with Crippen molar-refractivity contribution in [1.29, 1.82) is 0 Å². The van der Waals surface area contributed by atoms with Crippen LogP contribution < -0.4 is 10.9 Å². The van der Waals surface area contributed by atoms with Gasteiger partial charge in [0.1, 0.15) is 0 Å². The first kappa shape index (κ1) is 23.1. The number of nitrogens with zero attached hydrogens (tertiary/aromatic N) is 4. The molecule has 1 aromatic carbocycles. The Morgan fingerprint density at radius 3 is 2.49 bits per heavy atom. The molecule has 0 radical (unpaired) electrons. The number of amides is 1. The van der Waals surface area contributed by atoms with Gasteiger partial charge in [-0.3, -0.25) is 18.6 Å². The van der Waals surface area contributed by atoms with E-state index in [1.54, 1.807) is 4.57 Å². The maximum atomic E-state index is 13.4. The van der Waals surface area contributed by atoms with Gasteiger partial charge < -0.3 is 5.32 Å². The van der Waals surface area contributed by atoms with Crippen molar-refractivity contribution in [1.82, 2.24) is 24.5 Å². The van der Waals surface area contributed by atoms with Gasteiger partial charge in [-0.15, -0.1) is 10.2 Å². The van der Waals surface area contributed by atoms with Crippen LogP contribution in [0.2, 0.25) is 0 Å². The molecule has 2 heterocycles. The smallest absolute Gasteiger partial charge is 0.262 e. The number of aryl methyl sites for hydroxylation is 1. The molecule has 4 fully saturated rings. The number of hydrogen-bond donors (Lipinski definition) is 1. The molecular weight excluding hydrogens is 458 g/mol. The number of thioether (sulfide) groups is 1. The topological polar surface area (TPSA) is 81.3 Å². The van der Waals surface area contributed by atoms with Gasteiger partial charge in [0.05, 0.1) is 16.2 Å². The fourth-order valence-corrected chi connectivity index (χ4v) is 8.23. The second-order valence-electron chi connectivity index (χ2n) is 11.2. The molecule has 1 amide bonds. The number of benzene rings is 1. The van der Waals surface area contributed by atoms with E-state index in [4.69, 9.17) is 0 Å². The third-order valence-corrected chi connectivity index (χ3v) is 9.58. The highest BCUT2D eigenvalue weighted by Crippen LogP contribution is 2.55. The van der Waals surface area contributed by atoms with E-state index in [1.165, 1.54) is 31.0 Å². The van der Waals surface area contributed by atoms with E-state index < -0.39 is 0 Å². The molecule has 0 spiro atoms. The summed E-state index contributed by atoms with van der Waals surface area (Å²) < 4.78 is 3.71. The highest BCUT2D eigenvalue weighted by atomic mass is 32.2. The summed E-state index contributed by atoms with van der Waals surface area (Å²) >= 11 is 1.44. The van der Waals surface area contributed by atoms with E-state index >= 15 is 0 Å². The Morgan fingerprint density at radius 2 is 1.80 bits per heavy atom. The van der Waals surface area contributed by atoms with Crippen molar-refractivity contribution >= 4 is 34.3 Å². The standard InChI is InChI=1S/C27H35N5O2S/c1-3-4-7-10-31-24(34)21-8-5-6-9-22(21)32-25(31)29-30-26(32)35-17(2)23(33)28-27-14-18-11-19(15-27)13-20(12-18)16-27/h5-6,8-9,17-20H,3-4,7,10-16H2,1-2H3,(H,28,33). The number of hydrogen-bond acceptors (Lipinski definition) is 5. The zero-order valence-electron chi connectivity index (χ0n) is 20.7. The minimum absolute atomic E-state index is 0.0000189. The molecule has 0 saturated heterocycles. The molecule has 186 valence electrons. The third-order valence-electron chi connectivity index (χ3n) is 8.54. The van der Waals surface area contributed by atoms with Crippen LogP contribution in [0.3, 0.4) is 0 Å². The largest absolute Gasteiger partial charge is 0.350 e. The average Bonchev–Trinajstić information content (AvgIpc) is 3.23. The molecule has 4 aliphatic carbocycles. The van der Waals surface area contributed by atoms with E-state index in [0.717, 1.165) is 61.8 Å². The Morgan fingerprint density at radius 1 is 1.11 bits per heavy atom. The second-order valence-corrected chi connectivity index (χ2v) is 12.6. The van der Waals surface area contributed by atoms with Crippen LogP contribution in [-0.2, 0) is 11.3 Å². The van der Waals surface area contributed by atoms with Crippen molar-refractivity contribution in [3.8, 4) is 0 Å². The summed E-state index contributed by atoms with van der Waals surface area (Å²) in [5.41, 5.74) is 0.765. The normalized spacial score (nSPS) is 28.1. The zero-order chi connectivity index (χ0) is 24.2. The first-order chi connectivity index (χ1) is 17.0. The van der Waals surface area contributed by atoms with Crippen molar-refractivity contribution in [2.45, 2.75) is 94.1 Å². The Kier molecular flexibility index (Phi) is 5.90. The Labute approximate surface area is 210 Å². The number of carbonyl (C=O) groups excluding carboxylic acids is 1. The van der Waals surface area contributed by atoms with Crippen LogP contribution in [0.5, 0.6) is 0 Å². The van der Waals surface area contributed by atoms with Gasteiger partial charge in [-0.2, -0.15) is 0 Å². The molecule has 1 unspecified atom stereocenters. The van der Waals surface area contributed by atoms with E-state index in [0.29, 0.717) is 22.9 Å². The fourth-order valence-electron chi connectivity index (χ4n) is 7.37. The van der Waals surface area contributed by atoms with Gasteiger partial charge in [0.25, 0.3) is 5.56 Å². The maximum Gasteiger partial charge on any atom is 0.262 e. The summed E-state index contributed by atoms with van der Waals surface area (Å²) in [6, 6.07) is 7.63. The molecule has 8 heteroatoms. The summed E-state index contributed by atoms with van der Waals surface area (Å²) in [6.45, 7) is 4.73. The lowest BCUT2D eigenvalue weighted by Crippen LogP contribution is -2.60. The van der Waals surface area contributed by atoms with E-state index in [1.807, 2.05) is 35.6 Å². The summed E-state index contributed by atoms with van der Waals surface area (Å²) in [7, 11) is 0. The number of para-hydroxylation sites is 1. The van der Waals surface area contributed by atoms with Crippen molar-refractivity contribution < 1.29 is 4.79 Å². The van der Waals surface area contributed by atoms with Crippen molar-refractivity contribution in [2.24, 2.45) is 17.8 Å². The number of carbonyl (C=O) groups is 1. The Balaban J connectivity index is 1.28. The SMILES string of the molecule is CCCCCn1c(=O)c2ccccc2n2c(SC(C)C(=O)NC34CC5CC(CC(C5)C3)C4)nnc12. The number of fused-ring (bicyclic) bond motifs is 3. The molecule has 7 rings (SSSR count). The lowest BCUT2D eigenvalue weighted by molar-refractivity contribution is -0.126. The molecule has 0 aliphatic heterocycles. The predicted molar refractivity (Wildman–Crippen MR) is 139 cm³/mol. The third kappa shape index (κ3) is 4.07. The van der Waals surface area contributed by atoms with E-state index in [-0.39, 0.29) is 22.3 Å². The zero-order valence-corrected chi connectivity index (χ0v) is 21.5. The van der Waals surface area contributed by atoms with Gasteiger partial charge >= 0.3 is 0 Å². The first-order valence-electron chi connectivity index (χ1n) is 13.3. The lowest BCUT2D eigenvalue weighted by atomic mass is 9.53. The van der Waals surface area contributed by atoms with Crippen LogP contribution in [0.4, 0.5) is 0 Å². The number of rotatable bonds is 8. The number of nitrogens with one attached hydrogen (secondary N) is 1. The van der Waals surface area contributed by atoms with Gasteiger partial charge in [-0.05, 0) is 81.8 Å². The van der Waals surface area contributed by atoms with Crippen LogP contribution in [0.15, 0.2) is 34.2 Å². The molecule has 3 aromatic rings. The van der Waals surface area contributed by atoms with E-state index in [9.17, 15) is 9.59 Å². The van der Waals surface area contributed by atoms with Gasteiger partial charge in [-0.1, -0.05) is 43.7 Å². The quantitative estimate of drug-likeness (QED) is 0.360. The monoisotopic (exact) mass is 493 g/mol. The number of aromatic nitrogens is 4. The lowest BCUT2D eigenvalue weighted by Gasteiger charge is -2.57. The first-order valence-corrected chi connectivity index (χ1v) is 14.2. The van der Waals surface area contributed by atoms with Crippen molar-refractivity contribution in [3.63, 3.8) is 0 Å². The molecular formula is C27H35N5O2S. The maximum absolute atomic E-state index is 13.4. The molecule has 4 bridgehead atoms. The van der Waals surface area contributed by atoms with Crippen molar-refractivity contribution in [3.05, 3.63) is 34.6 Å². The number of unbranched alkanes of at least 4 members (excludes halogenated alkanes) is 2. The van der Waals surface area contributed by atoms with Gasteiger partial charge in [-0.25, -0.2) is 0 Å². The molecule has 4 aliphatic rings. The highest BCUT2D eigenvalue weighted by molar-refractivity contribution is 8.00. The molecule has 1 atom stereocenters. The average molecular weight is 494 g/mol. The van der Waals surface area contributed by atoms with E-state index in [2.05, 4.69) is 22.4 Å². The molecule has 35 heavy (non-hydrogen) atoms. The predicted octanol–water partition coefficient (Wildman–Crippen LogP) is 4.80.